The zero-order valence-corrected chi connectivity index (χ0v) is 11.9. The minimum atomic E-state index is -0.442. The number of nitrogens with one attached hydrogen (secondary N) is 2. The topological polar surface area (TPSA) is 89.1 Å². The fourth-order valence-electron chi connectivity index (χ4n) is 1.43. The molecule has 1 aromatic rings. The average molecular weight is 270 g/mol. The molecule has 0 fully saturated rings. The van der Waals surface area contributed by atoms with Crippen LogP contribution < -0.4 is 5.32 Å². The summed E-state index contributed by atoms with van der Waals surface area (Å²) in [6.45, 7) is 9.02. The fourth-order valence-corrected chi connectivity index (χ4v) is 1.43. The molecule has 0 spiro atoms. The largest absolute Gasteiger partial charge is 0.351 e. The smallest absolute Gasteiger partial charge is 0.291 e. The van der Waals surface area contributed by atoms with Gasteiger partial charge in [-0.2, -0.15) is 0 Å². The molecule has 0 unspecified atom stereocenters. The van der Waals surface area contributed by atoms with Gasteiger partial charge in [0, 0.05) is 19.1 Å². The van der Waals surface area contributed by atoms with Crippen LogP contribution >= 0.6 is 0 Å². The second kappa shape index (κ2) is 7.85. The van der Waals surface area contributed by atoms with E-state index in [4.69, 9.17) is 9.47 Å². The van der Waals surface area contributed by atoms with E-state index in [1.807, 2.05) is 27.7 Å². The van der Waals surface area contributed by atoms with Gasteiger partial charge in [0.25, 0.3) is 5.91 Å². The molecule has 0 saturated carbocycles. The van der Waals surface area contributed by atoms with Crippen LogP contribution in [0.1, 0.15) is 50.1 Å². The van der Waals surface area contributed by atoms with Crippen molar-refractivity contribution in [3.8, 4) is 0 Å². The molecular weight excluding hydrogens is 248 g/mol. The number of ether oxygens (including phenoxy) is 2. The molecule has 1 amide bonds. The summed E-state index contributed by atoms with van der Waals surface area (Å²) in [6.07, 6.45) is -0.442. The first-order chi connectivity index (χ1) is 9.08. The first kappa shape index (κ1) is 15.6. The Kier molecular flexibility index (Phi) is 6.44. The molecule has 7 nitrogen and oxygen atoms in total. The summed E-state index contributed by atoms with van der Waals surface area (Å²) >= 11 is 0. The molecule has 0 aliphatic rings. The third kappa shape index (κ3) is 4.96. The van der Waals surface area contributed by atoms with E-state index in [-0.39, 0.29) is 24.2 Å². The lowest BCUT2D eigenvalue weighted by atomic mass is 10.2. The third-order valence-electron chi connectivity index (χ3n) is 2.39. The van der Waals surface area contributed by atoms with Crippen molar-refractivity contribution >= 4 is 5.91 Å². The van der Waals surface area contributed by atoms with Gasteiger partial charge >= 0.3 is 0 Å². The summed E-state index contributed by atoms with van der Waals surface area (Å²) < 4.78 is 10.7. The predicted molar refractivity (Wildman–Crippen MR) is 69.8 cm³/mol. The van der Waals surface area contributed by atoms with Gasteiger partial charge in [0.2, 0.25) is 5.82 Å². The second-order valence-electron chi connectivity index (χ2n) is 4.25. The lowest BCUT2D eigenvalue weighted by Crippen LogP contribution is -2.35. The molecule has 0 saturated heterocycles. The number of aromatic amines is 1. The Labute approximate surface area is 113 Å². The van der Waals surface area contributed by atoms with Gasteiger partial charge in [0.15, 0.2) is 6.29 Å². The van der Waals surface area contributed by atoms with Crippen molar-refractivity contribution in [2.24, 2.45) is 0 Å². The highest BCUT2D eigenvalue weighted by Crippen LogP contribution is 2.07. The Morgan fingerprint density at radius 1 is 1.32 bits per heavy atom. The highest BCUT2D eigenvalue weighted by Gasteiger charge is 2.16. The van der Waals surface area contributed by atoms with Gasteiger partial charge < -0.3 is 14.8 Å². The van der Waals surface area contributed by atoms with Crippen molar-refractivity contribution in [2.45, 2.75) is 39.9 Å². The van der Waals surface area contributed by atoms with Crippen molar-refractivity contribution < 1.29 is 14.3 Å². The van der Waals surface area contributed by atoms with Crippen molar-refractivity contribution in [3.05, 3.63) is 11.6 Å². The Bertz CT molecular complexity index is 386. The number of hydrogen-bond acceptors (Lipinski definition) is 5. The number of aromatic nitrogens is 3. The lowest BCUT2D eigenvalue weighted by Gasteiger charge is -2.16. The van der Waals surface area contributed by atoms with Crippen LogP contribution in [0.3, 0.4) is 0 Å². The van der Waals surface area contributed by atoms with Crippen LogP contribution in [0.15, 0.2) is 0 Å². The van der Waals surface area contributed by atoms with Crippen molar-refractivity contribution in [1.82, 2.24) is 20.5 Å². The third-order valence-corrected chi connectivity index (χ3v) is 2.39. The molecule has 1 rings (SSSR count). The number of amides is 1. The summed E-state index contributed by atoms with van der Waals surface area (Å²) in [5, 5.41) is 9.30. The number of H-pyrrole nitrogens is 1. The number of rotatable bonds is 8. The van der Waals surface area contributed by atoms with Crippen molar-refractivity contribution in [1.29, 1.82) is 0 Å². The maximum atomic E-state index is 11.8. The Hall–Kier alpha value is -1.47. The number of hydrogen-bond donors (Lipinski definition) is 2. The molecule has 0 radical (unpaired) electrons. The second-order valence-corrected chi connectivity index (χ2v) is 4.25. The summed E-state index contributed by atoms with van der Waals surface area (Å²) in [6, 6.07) is 0. The van der Waals surface area contributed by atoms with E-state index in [9.17, 15) is 4.79 Å². The highest BCUT2D eigenvalue weighted by molar-refractivity contribution is 5.90. The van der Waals surface area contributed by atoms with Crippen LogP contribution in [0.5, 0.6) is 0 Å². The summed E-state index contributed by atoms with van der Waals surface area (Å²) in [4.78, 5) is 15.9. The molecule has 2 N–H and O–H groups in total. The van der Waals surface area contributed by atoms with E-state index in [0.717, 1.165) is 0 Å². The van der Waals surface area contributed by atoms with Crippen LogP contribution in [-0.2, 0) is 9.47 Å². The fraction of sp³-hybridized carbons (Fsp3) is 0.750. The molecular formula is C12H22N4O3. The maximum absolute atomic E-state index is 11.8. The summed E-state index contributed by atoms with van der Waals surface area (Å²) in [5.41, 5.74) is 0. The zero-order valence-electron chi connectivity index (χ0n) is 11.9. The average Bonchev–Trinajstić information content (AvgIpc) is 2.86. The highest BCUT2D eigenvalue weighted by atomic mass is 16.7. The monoisotopic (exact) mass is 270 g/mol. The molecule has 0 aromatic carbocycles. The minimum Gasteiger partial charge on any atom is -0.351 e. The van der Waals surface area contributed by atoms with Gasteiger partial charge in [-0.15, -0.1) is 5.10 Å². The van der Waals surface area contributed by atoms with E-state index >= 15 is 0 Å². The van der Waals surface area contributed by atoms with Gasteiger partial charge in [-0.3, -0.25) is 9.89 Å². The number of carbonyl (C=O) groups is 1. The first-order valence-corrected chi connectivity index (χ1v) is 6.52. The molecule has 1 heterocycles. The predicted octanol–water partition coefficient (Wildman–Crippen LogP) is 1.06. The summed E-state index contributed by atoms with van der Waals surface area (Å²) in [5.74, 6) is 0.688. The van der Waals surface area contributed by atoms with Gasteiger partial charge in [-0.05, 0) is 13.8 Å². The van der Waals surface area contributed by atoms with E-state index in [1.165, 1.54) is 0 Å². The van der Waals surface area contributed by atoms with Gasteiger partial charge in [-0.1, -0.05) is 13.8 Å². The summed E-state index contributed by atoms with van der Waals surface area (Å²) in [7, 11) is 0. The van der Waals surface area contributed by atoms with Crippen LogP contribution in [0.2, 0.25) is 0 Å². The molecule has 7 heteroatoms. The van der Waals surface area contributed by atoms with Crippen LogP contribution in [0.4, 0.5) is 0 Å². The quantitative estimate of drug-likeness (QED) is 0.689. The maximum Gasteiger partial charge on any atom is 0.291 e. The molecule has 1 aromatic heterocycles. The van der Waals surface area contributed by atoms with E-state index in [2.05, 4.69) is 20.5 Å². The lowest BCUT2D eigenvalue weighted by molar-refractivity contribution is -0.131. The van der Waals surface area contributed by atoms with Gasteiger partial charge in [0.1, 0.15) is 5.82 Å². The Balaban J connectivity index is 2.48. The molecule has 0 aliphatic carbocycles. The first-order valence-electron chi connectivity index (χ1n) is 6.52. The Morgan fingerprint density at radius 3 is 2.42 bits per heavy atom. The molecule has 0 atom stereocenters. The van der Waals surface area contributed by atoms with Crippen LogP contribution in [0, 0.1) is 0 Å². The normalized spacial score (nSPS) is 11.3. The standard InChI is InChI=1S/C12H22N4O3/c1-5-18-9(19-6-2)7-13-12(17)11-14-10(8(3)4)15-16-11/h8-9H,5-7H2,1-4H3,(H,13,17)(H,14,15,16). The van der Waals surface area contributed by atoms with Crippen LogP contribution in [-0.4, -0.2) is 47.1 Å². The minimum absolute atomic E-state index is 0.135. The van der Waals surface area contributed by atoms with Crippen molar-refractivity contribution in [2.75, 3.05) is 19.8 Å². The van der Waals surface area contributed by atoms with Crippen LogP contribution in [0.25, 0.3) is 0 Å². The van der Waals surface area contributed by atoms with E-state index in [1.54, 1.807) is 0 Å². The van der Waals surface area contributed by atoms with E-state index < -0.39 is 6.29 Å². The molecule has 0 bridgehead atoms. The molecule has 108 valence electrons. The molecule has 0 aliphatic heterocycles. The Morgan fingerprint density at radius 2 is 1.95 bits per heavy atom. The molecule has 19 heavy (non-hydrogen) atoms. The van der Waals surface area contributed by atoms with Gasteiger partial charge in [0.05, 0.1) is 6.54 Å². The van der Waals surface area contributed by atoms with Crippen molar-refractivity contribution in [3.63, 3.8) is 0 Å². The number of carbonyl (C=O) groups excluding carboxylic acids is 1. The SMILES string of the molecule is CCOC(CNC(=O)c1n[nH]c(C(C)C)n1)OCC. The number of nitrogens with zero attached hydrogens (tertiary/aromatic N) is 2. The van der Waals surface area contributed by atoms with E-state index in [0.29, 0.717) is 19.0 Å². The zero-order chi connectivity index (χ0) is 14.3. The van der Waals surface area contributed by atoms with Gasteiger partial charge in [-0.25, -0.2) is 4.98 Å².